The Morgan fingerprint density at radius 3 is 1.65 bits per heavy atom. The molecular weight excluding hydrogens is 318 g/mol. The third kappa shape index (κ3) is 30.3. The normalized spacial score (nSPS) is 12.6. The Hall–Kier alpha value is -0.210. The van der Waals surface area contributed by atoms with Crippen LogP contribution in [0.1, 0.15) is 85.0 Å². The maximum atomic E-state index is 10.2. The minimum atomic E-state index is -4.23. The fourth-order valence-corrected chi connectivity index (χ4v) is 2.38. The van der Waals surface area contributed by atoms with E-state index in [1.165, 1.54) is 44.9 Å². The molecule has 0 saturated carbocycles. The predicted molar refractivity (Wildman–Crippen MR) is 94.7 cm³/mol. The summed E-state index contributed by atoms with van der Waals surface area (Å²) in [5.41, 5.74) is 0. The highest BCUT2D eigenvalue weighted by atomic mass is 32.3. The Morgan fingerprint density at radius 2 is 1.35 bits per heavy atom. The molecule has 0 aliphatic heterocycles. The SMILES string of the molecule is CCCCCCCCCCCCOS(=O)(=O)O.CCNC(C)O. The van der Waals surface area contributed by atoms with Crippen LogP contribution in [0.15, 0.2) is 0 Å². The van der Waals surface area contributed by atoms with Crippen molar-refractivity contribution in [2.45, 2.75) is 91.2 Å². The van der Waals surface area contributed by atoms with Crippen molar-refractivity contribution >= 4 is 10.4 Å². The number of hydrogen-bond donors (Lipinski definition) is 3. The van der Waals surface area contributed by atoms with Gasteiger partial charge in [0.25, 0.3) is 0 Å². The van der Waals surface area contributed by atoms with Crippen LogP contribution in [0.4, 0.5) is 0 Å². The van der Waals surface area contributed by atoms with E-state index in [0.717, 1.165) is 19.4 Å². The molecule has 0 rings (SSSR count). The van der Waals surface area contributed by atoms with Crippen LogP contribution in [0.3, 0.4) is 0 Å². The van der Waals surface area contributed by atoms with E-state index in [9.17, 15) is 8.42 Å². The van der Waals surface area contributed by atoms with Gasteiger partial charge in [0.2, 0.25) is 0 Å². The zero-order chi connectivity index (χ0) is 18.0. The summed E-state index contributed by atoms with van der Waals surface area (Å²) in [6, 6.07) is 0. The van der Waals surface area contributed by atoms with E-state index in [1.807, 2.05) is 6.92 Å². The van der Waals surface area contributed by atoms with Gasteiger partial charge in [-0.2, -0.15) is 8.42 Å². The third-order valence-corrected chi connectivity index (χ3v) is 3.69. The second-order valence-corrected chi connectivity index (χ2v) is 6.76. The first kappa shape index (κ1) is 25.0. The van der Waals surface area contributed by atoms with Crippen molar-refractivity contribution in [3.05, 3.63) is 0 Å². The molecule has 0 aliphatic rings. The number of aliphatic hydroxyl groups is 1. The number of aliphatic hydroxyl groups excluding tert-OH is 1. The second kappa shape index (κ2) is 18.1. The van der Waals surface area contributed by atoms with Gasteiger partial charge in [-0.25, -0.2) is 4.18 Å². The zero-order valence-electron chi connectivity index (χ0n) is 15.1. The predicted octanol–water partition coefficient (Wildman–Crippen LogP) is 3.66. The van der Waals surface area contributed by atoms with E-state index in [2.05, 4.69) is 16.4 Å². The Labute approximate surface area is 143 Å². The molecule has 3 N–H and O–H groups in total. The van der Waals surface area contributed by atoms with Gasteiger partial charge < -0.3 is 5.11 Å². The van der Waals surface area contributed by atoms with E-state index in [1.54, 1.807) is 6.92 Å². The van der Waals surface area contributed by atoms with Crippen molar-refractivity contribution in [2.75, 3.05) is 13.2 Å². The molecule has 1 unspecified atom stereocenters. The van der Waals surface area contributed by atoms with Crippen molar-refractivity contribution in [3.8, 4) is 0 Å². The molecule has 142 valence electrons. The highest BCUT2D eigenvalue weighted by Crippen LogP contribution is 2.10. The summed E-state index contributed by atoms with van der Waals surface area (Å²) in [4.78, 5) is 0. The zero-order valence-corrected chi connectivity index (χ0v) is 15.9. The Morgan fingerprint density at radius 1 is 0.913 bits per heavy atom. The summed E-state index contributed by atoms with van der Waals surface area (Å²) in [5.74, 6) is 0. The number of nitrogens with one attached hydrogen (secondary N) is 1. The van der Waals surface area contributed by atoms with Crippen LogP contribution in [0, 0.1) is 0 Å². The molecular formula is C16H37NO5S. The lowest BCUT2D eigenvalue weighted by Crippen LogP contribution is -2.24. The molecule has 0 aromatic heterocycles. The summed E-state index contributed by atoms with van der Waals surface area (Å²) < 4.78 is 33.0. The van der Waals surface area contributed by atoms with E-state index >= 15 is 0 Å². The van der Waals surface area contributed by atoms with E-state index in [4.69, 9.17) is 9.66 Å². The molecule has 7 heteroatoms. The average Bonchev–Trinajstić information content (AvgIpc) is 2.44. The van der Waals surface area contributed by atoms with Crippen molar-refractivity contribution in [2.24, 2.45) is 0 Å². The van der Waals surface area contributed by atoms with Gasteiger partial charge in [0, 0.05) is 0 Å². The van der Waals surface area contributed by atoms with Gasteiger partial charge in [-0.1, -0.05) is 71.6 Å². The van der Waals surface area contributed by atoms with Gasteiger partial charge in [0.1, 0.15) is 6.23 Å². The summed E-state index contributed by atoms with van der Waals surface area (Å²) in [7, 11) is -4.23. The Balaban J connectivity index is 0. The molecule has 0 aromatic rings. The maximum Gasteiger partial charge on any atom is 0.397 e. The van der Waals surface area contributed by atoms with Gasteiger partial charge >= 0.3 is 10.4 Å². The van der Waals surface area contributed by atoms with Gasteiger partial charge in [0.15, 0.2) is 0 Å². The largest absolute Gasteiger partial charge is 0.397 e. The molecule has 1 atom stereocenters. The fraction of sp³-hybridized carbons (Fsp3) is 1.00. The average molecular weight is 356 g/mol. The Kier molecular flexibility index (Phi) is 19.7. The van der Waals surface area contributed by atoms with Crippen LogP contribution in [0.5, 0.6) is 0 Å². The Bertz CT molecular complexity index is 320. The van der Waals surface area contributed by atoms with Gasteiger partial charge in [-0.3, -0.25) is 9.87 Å². The minimum Gasteiger partial charge on any atom is -0.379 e. The molecule has 0 aliphatic carbocycles. The van der Waals surface area contributed by atoms with Gasteiger partial charge in [-0.15, -0.1) is 0 Å². The monoisotopic (exact) mass is 355 g/mol. The standard InChI is InChI=1S/C12H26O4S.C4H11NO/c1-2-3-4-5-6-7-8-9-10-11-12-16-17(13,14)15;1-3-5-4(2)6/h2-12H2,1H3,(H,13,14,15);4-6H,3H2,1-2H3. The minimum absolute atomic E-state index is 0.0926. The maximum absolute atomic E-state index is 10.2. The summed E-state index contributed by atoms with van der Waals surface area (Å²) >= 11 is 0. The van der Waals surface area contributed by atoms with Gasteiger partial charge in [-0.05, 0) is 19.9 Å². The van der Waals surface area contributed by atoms with Crippen LogP contribution in [0.25, 0.3) is 0 Å². The summed E-state index contributed by atoms with van der Waals surface area (Å²) in [6.07, 6.45) is 11.5. The topological polar surface area (TPSA) is 95.9 Å². The number of rotatable bonds is 14. The molecule has 0 radical (unpaired) electrons. The lowest BCUT2D eigenvalue weighted by molar-refractivity contribution is 0.159. The van der Waals surface area contributed by atoms with Crippen LogP contribution in [0.2, 0.25) is 0 Å². The van der Waals surface area contributed by atoms with Crippen LogP contribution in [-0.4, -0.2) is 37.5 Å². The number of unbranched alkanes of at least 4 members (excludes halogenated alkanes) is 9. The van der Waals surface area contributed by atoms with E-state index in [0.29, 0.717) is 6.42 Å². The quantitative estimate of drug-likeness (QED) is 0.250. The van der Waals surface area contributed by atoms with Crippen molar-refractivity contribution in [3.63, 3.8) is 0 Å². The van der Waals surface area contributed by atoms with E-state index < -0.39 is 10.4 Å². The second-order valence-electron chi connectivity index (χ2n) is 5.67. The first-order valence-corrected chi connectivity index (χ1v) is 10.2. The molecule has 0 saturated heterocycles. The molecule has 0 spiro atoms. The highest BCUT2D eigenvalue weighted by Gasteiger charge is 2.02. The fourth-order valence-electron chi connectivity index (χ4n) is 2.05. The molecule has 0 amide bonds. The van der Waals surface area contributed by atoms with Crippen LogP contribution < -0.4 is 5.32 Å². The van der Waals surface area contributed by atoms with Crippen LogP contribution >= 0.6 is 0 Å². The lowest BCUT2D eigenvalue weighted by atomic mass is 10.1. The summed E-state index contributed by atoms with van der Waals surface area (Å²) in [6.45, 7) is 6.79. The molecule has 23 heavy (non-hydrogen) atoms. The van der Waals surface area contributed by atoms with Gasteiger partial charge in [0.05, 0.1) is 6.61 Å². The van der Waals surface area contributed by atoms with E-state index in [-0.39, 0.29) is 12.8 Å². The molecule has 6 nitrogen and oxygen atoms in total. The number of hydrogen-bond acceptors (Lipinski definition) is 5. The van der Waals surface area contributed by atoms with Crippen molar-refractivity contribution < 1.29 is 22.3 Å². The lowest BCUT2D eigenvalue weighted by Gasteiger charge is -2.02. The molecule has 0 heterocycles. The highest BCUT2D eigenvalue weighted by molar-refractivity contribution is 7.80. The van der Waals surface area contributed by atoms with Crippen LogP contribution in [-0.2, 0) is 14.6 Å². The third-order valence-electron chi connectivity index (χ3n) is 3.23. The van der Waals surface area contributed by atoms with Crippen molar-refractivity contribution in [1.82, 2.24) is 5.32 Å². The first-order chi connectivity index (χ1) is 10.8. The molecule has 0 bridgehead atoms. The van der Waals surface area contributed by atoms with Crippen molar-refractivity contribution in [1.29, 1.82) is 0 Å². The molecule has 0 aromatic carbocycles. The summed E-state index contributed by atoms with van der Waals surface area (Å²) in [5, 5.41) is 11.2. The first-order valence-electron chi connectivity index (χ1n) is 8.86. The smallest absolute Gasteiger partial charge is 0.379 e. The molecule has 0 fully saturated rings.